The van der Waals surface area contributed by atoms with E-state index < -0.39 is 28.8 Å². The lowest BCUT2D eigenvalue weighted by molar-refractivity contribution is -0.137. The first-order valence-corrected chi connectivity index (χ1v) is 14.4. The highest BCUT2D eigenvalue weighted by Crippen LogP contribution is 2.34. The summed E-state index contributed by atoms with van der Waals surface area (Å²) in [6.45, 7) is 11.7. The number of carbonyl (C=O) groups is 2. The first kappa shape index (κ1) is 32.8. The molecule has 3 heterocycles. The number of nitrogens with one attached hydrogen (secondary N) is 2. The number of benzene rings is 2. The number of hydrogen-bond donors (Lipinski definition) is 2. The Kier molecular flexibility index (Phi) is 9.66. The van der Waals surface area contributed by atoms with Crippen LogP contribution >= 0.6 is 0 Å². The number of fused-ring (bicyclic) bond motifs is 1. The predicted octanol–water partition coefficient (Wildman–Crippen LogP) is 6.85. The number of rotatable bonds is 4. The Morgan fingerprint density at radius 3 is 2.33 bits per heavy atom. The fourth-order valence-corrected chi connectivity index (χ4v) is 4.66. The minimum absolute atomic E-state index is 0.101. The lowest BCUT2D eigenvalue weighted by atomic mass is 10.1. The van der Waals surface area contributed by atoms with Crippen molar-refractivity contribution in [1.82, 2.24) is 19.9 Å². The number of piperazine rings is 1. The van der Waals surface area contributed by atoms with E-state index in [2.05, 4.69) is 25.2 Å². The van der Waals surface area contributed by atoms with Crippen molar-refractivity contribution in [2.75, 3.05) is 36.4 Å². The molecule has 1 aliphatic rings. The fraction of sp³-hybridized carbons (Fsp3) is 0.344. The van der Waals surface area contributed by atoms with Gasteiger partial charge in [0.25, 0.3) is 5.91 Å². The molecule has 2 amide bonds. The molecule has 4 aromatic rings. The number of H-pyrrole nitrogens is 1. The normalized spacial score (nSPS) is 13.5. The number of para-hydroxylation sites is 1. The van der Waals surface area contributed by atoms with Crippen LogP contribution in [0.4, 0.5) is 29.5 Å². The highest BCUT2D eigenvalue weighted by atomic mass is 19.4. The lowest BCUT2D eigenvalue weighted by Gasteiger charge is -2.36. The number of ether oxygens (including phenoxy) is 1. The van der Waals surface area contributed by atoms with Crippen molar-refractivity contribution in [3.63, 3.8) is 0 Å². The van der Waals surface area contributed by atoms with E-state index in [1.807, 2.05) is 46.8 Å². The van der Waals surface area contributed by atoms with E-state index in [-0.39, 0.29) is 17.3 Å². The van der Waals surface area contributed by atoms with Crippen LogP contribution in [0.15, 0.2) is 54.7 Å². The van der Waals surface area contributed by atoms with Crippen molar-refractivity contribution >= 4 is 34.5 Å². The number of aromatic amines is 1. The molecule has 1 aliphatic heterocycles. The minimum atomic E-state index is -4.75. The third-order valence-corrected chi connectivity index (χ3v) is 6.74. The average Bonchev–Trinajstić information content (AvgIpc) is 3.46. The van der Waals surface area contributed by atoms with Crippen molar-refractivity contribution in [1.29, 1.82) is 5.26 Å². The van der Waals surface area contributed by atoms with Gasteiger partial charge >= 0.3 is 12.3 Å². The Morgan fingerprint density at radius 1 is 1.02 bits per heavy atom. The van der Waals surface area contributed by atoms with E-state index in [0.717, 1.165) is 18.0 Å². The largest absolute Gasteiger partial charge is 0.444 e. The molecule has 0 spiro atoms. The lowest BCUT2D eigenvalue weighted by Crippen LogP contribution is -2.50. The van der Waals surface area contributed by atoms with Gasteiger partial charge in [0.1, 0.15) is 22.8 Å². The summed E-state index contributed by atoms with van der Waals surface area (Å²) in [5.74, 6) is 0.548. The standard InChI is InChI=1S/C30H28F3N7O3.C2H6/c1-29(2,3)43-28(42)40-13-11-39(12-14-40)24-10-8-19(17-35-24)26-37-23-6-4-5-21(25(23)38-26)27(41)36-20-9-7-18(16-34)22(15-20)30(31,32)33;1-2/h4-10,15,17H,11-14H2,1-3H3,(H,36,41)(H,37,38);1-2H3. The molecule has 0 saturated carbocycles. The van der Waals surface area contributed by atoms with Crippen molar-refractivity contribution in [3.05, 3.63) is 71.4 Å². The Balaban J connectivity index is 0.00000226. The number of hydrogen-bond acceptors (Lipinski definition) is 7. The number of pyridine rings is 1. The Labute approximate surface area is 258 Å². The Bertz CT molecular complexity index is 1710. The molecule has 0 bridgehead atoms. The molecule has 0 unspecified atom stereocenters. The maximum absolute atomic E-state index is 13.4. The van der Waals surface area contributed by atoms with Crippen LogP contribution in [-0.4, -0.2) is 63.6 Å². The third-order valence-electron chi connectivity index (χ3n) is 6.74. The summed E-state index contributed by atoms with van der Waals surface area (Å²) in [5.41, 5.74) is -0.607. The zero-order valence-electron chi connectivity index (χ0n) is 25.6. The van der Waals surface area contributed by atoms with Crippen LogP contribution in [0.1, 0.15) is 56.1 Å². The maximum atomic E-state index is 13.4. The van der Waals surface area contributed by atoms with Crippen LogP contribution in [0.5, 0.6) is 0 Å². The second kappa shape index (κ2) is 13.3. The number of aromatic nitrogens is 3. The SMILES string of the molecule is CC.CC(C)(C)OC(=O)N1CCN(c2ccc(-c3nc4c(C(=O)Nc5ccc(C#N)c(C(F)(F)F)c5)cccc4[nH]3)cn2)CC1. The molecule has 2 aromatic carbocycles. The van der Waals surface area contributed by atoms with Crippen LogP contribution in [0.3, 0.4) is 0 Å². The molecule has 13 heteroatoms. The van der Waals surface area contributed by atoms with E-state index in [4.69, 9.17) is 10.00 Å². The highest BCUT2D eigenvalue weighted by Gasteiger charge is 2.34. The minimum Gasteiger partial charge on any atom is -0.444 e. The summed E-state index contributed by atoms with van der Waals surface area (Å²) in [4.78, 5) is 41.5. The molecule has 1 fully saturated rings. The molecule has 2 N–H and O–H groups in total. The van der Waals surface area contributed by atoms with Crippen molar-refractivity contribution in [3.8, 4) is 17.5 Å². The van der Waals surface area contributed by atoms with Gasteiger partial charge in [-0.2, -0.15) is 18.4 Å². The van der Waals surface area contributed by atoms with Gasteiger partial charge < -0.3 is 24.8 Å². The van der Waals surface area contributed by atoms with Crippen LogP contribution in [-0.2, 0) is 10.9 Å². The second-order valence-corrected chi connectivity index (χ2v) is 11.0. The number of alkyl halides is 3. The van der Waals surface area contributed by atoms with Gasteiger partial charge in [0.2, 0.25) is 0 Å². The molecule has 0 radical (unpaired) electrons. The van der Waals surface area contributed by atoms with E-state index in [1.54, 1.807) is 23.2 Å². The zero-order chi connectivity index (χ0) is 32.9. The van der Waals surface area contributed by atoms with Gasteiger partial charge in [0.05, 0.1) is 28.3 Å². The summed E-state index contributed by atoms with van der Waals surface area (Å²) in [6, 6.07) is 13.1. The van der Waals surface area contributed by atoms with E-state index >= 15 is 0 Å². The van der Waals surface area contributed by atoms with Crippen molar-refractivity contribution in [2.24, 2.45) is 0 Å². The first-order chi connectivity index (χ1) is 21.3. The smallest absolute Gasteiger partial charge is 0.417 e. The number of amides is 2. The Hall–Kier alpha value is -5.12. The second-order valence-electron chi connectivity index (χ2n) is 11.0. The van der Waals surface area contributed by atoms with Gasteiger partial charge in [0, 0.05) is 43.6 Å². The number of carbonyl (C=O) groups excluding carboxylic acids is 2. The van der Waals surface area contributed by atoms with E-state index in [0.29, 0.717) is 48.6 Å². The molecule has 1 saturated heterocycles. The number of halogens is 3. The zero-order valence-corrected chi connectivity index (χ0v) is 25.6. The van der Waals surface area contributed by atoms with E-state index in [9.17, 15) is 22.8 Å². The average molecular weight is 622 g/mol. The maximum Gasteiger partial charge on any atom is 0.417 e. The molecule has 2 aromatic heterocycles. The van der Waals surface area contributed by atoms with Crippen molar-refractivity contribution in [2.45, 2.75) is 46.4 Å². The number of nitrogens with zero attached hydrogens (tertiary/aromatic N) is 5. The number of anilines is 2. The number of imidazole rings is 1. The fourth-order valence-electron chi connectivity index (χ4n) is 4.66. The summed E-state index contributed by atoms with van der Waals surface area (Å²) in [5, 5.41) is 11.5. The molecule has 236 valence electrons. The van der Waals surface area contributed by atoms with Gasteiger partial charge in [-0.05, 0) is 63.2 Å². The summed E-state index contributed by atoms with van der Waals surface area (Å²) >= 11 is 0. The summed E-state index contributed by atoms with van der Waals surface area (Å²) in [6.07, 6.45) is -3.43. The topological polar surface area (TPSA) is 127 Å². The van der Waals surface area contributed by atoms with Gasteiger partial charge in [-0.25, -0.2) is 14.8 Å². The van der Waals surface area contributed by atoms with Crippen LogP contribution < -0.4 is 10.2 Å². The molecule has 10 nitrogen and oxygen atoms in total. The third kappa shape index (κ3) is 7.70. The Morgan fingerprint density at radius 2 is 1.73 bits per heavy atom. The quantitative estimate of drug-likeness (QED) is 0.255. The molecule has 0 aliphatic carbocycles. The molecular formula is C32H34F3N7O3. The molecule has 45 heavy (non-hydrogen) atoms. The van der Waals surface area contributed by atoms with Crippen LogP contribution in [0.25, 0.3) is 22.4 Å². The molecule has 5 rings (SSSR count). The van der Waals surface area contributed by atoms with Crippen LogP contribution in [0.2, 0.25) is 0 Å². The number of nitriles is 1. The van der Waals surface area contributed by atoms with Gasteiger partial charge in [-0.3, -0.25) is 4.79 Å². The first-order valence-electron chi connectivity index (χ1n) is 14.4. The van der Waals surface area contributed by atoms with Crippen molar-refractivity contribution < 1.29 is 27.5 Å². The monoisotopic (exact) mass is 621 g/mol. The van der Waals surface area contributed by atoms with E-state index in [1.165, 1.54) is 18.2 Å². The highest BCUT2D eigenvalue weighted by molar-refractivity contribution is 6.11. The van der Waals surface area contributed by atoms with Gasteiger partial charge in [-0.1, -0.05) is 19.9 Å². The molecule has 0 atom stereocenters. The predicted molar refractivity (Wildman–Crippen MR) is 165 cm³/mol. The van der Waals surface area contributed by atoms with Gasteiger partial charge in [-0.15, -0.1) is 0 Å². The van der Waals surface area contributed by atoms with Crippen LogP contribution in [0, 0.1) is 11.3 Å². The van der Waals surface area contributed by atoms with Gasteiger partial charge in [0.15, 0.2) is 0 Å². The molecular weight excluding hydrogens is 587 g/mol. The summed E-state index contributed by atoms with van der Waals surface area (Å²) < 4.78 is 45.6. The summed E-state index contributed by atoms with van der Waals surface area (Å²) in [7, 11) is 0.